The SMILES string of the molecule is Cc1ccc2nc(N(/N=C/c3ccc(F)cc3)C(=O)c3ccc(Br)s3)sc2c1. The van der Waals surface area contributed by atoms with Crippen LogP contribution in [0.3, 0.4) is 0 Å². The molecule has 0 bridgehead atoms. The number of hydrogen-bond donors (Lipinski definition) is 0. The lowest BCUT2D eigenvalue weighted by atomic mass is 10.2. The average molecular weight is 474 g/mol. The van der Waals surface area contributed by atoms with Crippen molar-refractivity contribution in [1.29, 1.82) is 0 Å². The summed E-state index contributed by atoms with van der Waals surface area (Å²) in [5.74, 6) is -0.597. The minimum Gasteiger partial charge on any atom is -0.266 e. The van der Waals surface area contributed by atoms with Crippen LogP contribution in [0.15, 0.2) is 63.5 Å². The van der Waals surface area contributed by atoms with Crippen molar-refractivity contribution in [2.75, 3.05) is 5.01 Å². The largest absolute Gasteiger partial charge is 0.290 e. The Morgan fingerprint density at radius 3 is 2.64 bits per heavy atom. The topological polar surface area (TPSA) is 45.6 Å². The molecule has 0 fully saturated rings. The lowest BCUT2D eigenvalue weighted by molar-refractivity contribution is 0.0991. The quantitative estimate of drug-likeness (QED) is 0.259. The second kappa shape index (κ2) is 7.90. The molecule has 0 radical (unpaired) electrons. The number of aromatic nitrogens is 1. The number of thiophene rings is 1. The minimum absolute atomic E-state index is 0.273. The molecule has 4 rings (SSSR count). The highest BCUT2D eigenvalue weighted by Gasteiger charge is 2.22. The summed E-state index contributed by atoms with van der Waals surface area (Å²) in [5, 5.41) is 6.15. The van der Waals surface area contributed by atoms with Gasteiger partial charge < -0.3 is 0 Å². The van der Waals surface area contributed by atoms with Gasteiger partial charge in [0.05, 0.1) is 25.1 Å². The Morgan fingerprint density at radius 2 is 1.93 bits per heavy atom. The van der Waals surface area contributed by atoms with Gasteiger partial charge in [-0.15, -0.1) is 11.3 Å². The first-order valence-corrected chi connectivity index (χ1v) is 10.7. The summed E-state index contributed by atoms with van der Waals surface area (Å²) in [6.07, 6.45) is 1.53. The molecule has 0 aliphatic heterocycles. The molecular formula is C20H13BrFN3OS2. The molecular weight excluding hydrogens is 461 g/mol. The van der Waals surface area contributed by atoms with E-state index in [0.29, 0.717) is 15.6 Å². The molecule has 28 heavy (non-hydrogen) atoms. The van der Waals surface area contributed by atoms with Crippen LogP contribution in [0.4, 0.5) is 9.52 Å². The lowest BCUT2D eigenvalue weighted by Crippen LogP contribution is -2.24. The number of halogens is 2. The smallest absolute Gasteiger partial charge is 0.266 e. The fraction of sp³-hybridized carbons (Fsp3) is 0.0500. The summed E-state index contributed by atoms with van der Waals surface area (Å²) < 4.78 is 15.0. The summed E-state index contributed by atoms with van der Waals surface area (Å²) in [5.41, 5.74) is 2.62. The molecule has 8 heteroatoms. The molecule has 0 saturated carbocycles. The zero-order chi connectivity index (χ0) is 19.7. The fourth-order valence-electron chi connectivity index (χ4n) is 2.51. The van der Waals surface area contributed by atoms with Gasteiger partial charge in [-0.2, -0.15) is 10.1 Å². The monoisotopic (exact) mass is 473 g/mol. The van der Waals surface area contributed by atoms with Gasteiger partial charge in [-0.1, -0.05) is 29.5 Å². The third kappa shape index (κ3) is 4.04. The molecule has 4 aromatic rings. The van der Waals surface area contributed by atoms with Crippen LogP contribution in [0.25, 0.3) is 10.2 Å². The van der Waals surface area contributed by atoms with Crippen LogP contribution in [0.1, 0.15) is 20.8 Å². The minimum atomic E-state index is -0.324. The van der Waals surface area contributed by atoms with E-state index in [9.17, 15) is 9.18 Å². The molecule has 2 aromatic heterocycles. The first-order chi connectivity index (χ1) is 13.5. The van der Waals surface area contributed by atoms with E-state index in [0.717, 1.165) is 19.6 Å². The van der Waals surface area contributed by atoms with Crippen LogP contribution in [0.2, 0.25) is 0 Å². The first kappa shape index (κ1) is 18.9. The number of benzene rings is 2. The summed E-state index contributed by atoms with van der Waals surface area (Å²) >= 11 is 6.12. The van der Waals surface area contributed by atoms with E-state index in [2.05, 4.69) is 26.0 Å². The van der Waals surface area contributed by atoms with Crippen molar-refractivity contribution in [2.45, 2.75) is 6.92 Å². The number of hydrazone groups is 1. The summed E-state index contributed by atoms with van der Waals surface area (Å²) in [6.45, 7) is 2.01. The average Bonchev–Trinajstić information content (AvgIpc) is 3.29. The van der Waals surface area contributed by atoms with Crippen LogP contribution < -0.4 is 5.01 Å². The third-order valence-electron chi connectivity index (χ3n) is 3.88. The number of rotatable bonds is 4. The lowest BCUT2D eigenvalue weighted by Gasteiger charge is -2.12. The van der Waals surface area contributed by atoms with Crippen molar-refractivity contribution in [3.8, 4) is 0 Å². The summed E-state index contributed by atoms with van der Waals surface area (Å²) in [7, 11) is 0. The van der Waals surface area contributed by atoms with E-state index in [-0.39, 0.29) is 11.7 Å². The van der Waals surface area contributed by atoms with E-state index in [1.165, 1.54) is 46.0 Å². The Labute approximate surface area is 177 Å². The number of hydrogen-bond acceptors (Lipinski definition) is 5. The van der Waals surface area contributed by atoms with Crippen molar-refractivity contribution in [2.24, 2.45) is 5.10 Å². The third-order valence-corrected chi connectivity index (χ3v) is 6.49. The van der Waals surface area contributed by atoms with Crippen molar-refractivity contribution < 1.29 is 9.18 Å². The molecule has 2 heterocycles. The molecule has 1 amide bonds. The number of thiazole rings is 1. The highest BCUT2D eigenvalue weighted by atomic mass is 79.9. The van der Waals surface area contributed by atoms with Crippen LogP contribution in [-0.4, -0.2) is 17.1 Å². The first-order valence-electron chi connectivity index (χ1n) is 8.26. The molecule has 0 aliphatic rings. The molecule has 140 valence electrons. The van der Waals surface area contributed by atoms with Gasteiger partial charge in [0.2, 0.25) is 5.13 Å². The number of anilines is 1. The molecule has 2 aromatic carbocycles. The van der Waals surface area contributed by atoms with Crippen molar-refractivity contribution in [1.82, 2.24) is 4.98 Å². The number of amides is 1. The predicted octanol–water partition coefficient (Wildman–Crippen LogP) is 6.25. The van der Waals surface area contributed by atoms with Gasteiger partial charge in [-0.25, -0.2) is 9.37 Å². The molecule has 0 N–H and O–H groups in total. The van der Waals surface area contributed by atoms with Crippen LogP contribution >= 0.6 is 38.6 Å². The maximum Gasteiger partial charge on any atom is 0.290 e. The van der Waals surface area contributed by atoms with Gasteiger partial charge in [0, 0.05) is 0 Å². The van der Waals surface area contributed by atoms with Gasteiger partial charge >= 0.3 is 0 Å². The maximum atomic E-state index is 13.1. The Bertz CT molecular complexity index is 1180. The molecule has 0 aliphatic carbocycles. The van der Waals surface area contributed by atoms with Gasteiger partial charge in [0.1, 0.15) is 5.82 Å². The number of carbonyl (C=O) groups is 1. The molecule has 0 saturated heterocycles. The zero-order valence-electron chi connectivity index (χ0n) is 14.6. The van der Waals surface area contributed by atoms with Crippen LogP contribution in [0, 0.1) is 12.7 Å². The number of carbonyl (C=O) groups excluding carboxylic acids is 1. The Hall–Kier alpha value is -2.42. The standard InChI is InChI=1S/C20H13BrFN3OS2/c1-12-2-7-15-17(10-12)28-20(24-15)25(19(26)16-8-9-18(21)27-16)23-11-13-3-5-14(22)6-4-13/h2-11H,1H3/b23-11+. The van der Waals surface area contributed by atoms with Gasteiger partial charge in [-0.3, -0.25) is 4.79 Å². The van der Waals surface area contributed by atoms with Crippen molar-refractivity contribution in [3.63, 3.8) is 0 Å². The van der Waals surface area contributed by atoms with Gasteiger partial charge in [-0.05, 0) is 70.4 Å². The van der Waals surface area contributed by atoms with Gasteiger partial charge in [0.25, 0.3) is 5.91 Å². The summed E-state index contributed by atoms with van der Waals surface area (Å²) in [4.78, 5) is 18.2. The number of aryl methyl sites for hydroxylation is 1. The highest BCUT2D eigenvalue weighted by Crippen LogP contribution is 2.32. The Morgan fingerprint density at radius 1 is 1.14 bits per heavy atom. The normalized spacial score (nSPS) is 11.4. The van der Waals surface area contributed by atoms with E-state index >= 15 is 0 Å². The van der Waals surface area contributed by atoms with Crippen molar-refractivity contribution >= 4 is 66.1 Å². The maximum absolute atomic E-state index is 13.1. The van der Waals surface area contributed by atoms with E-state index in [1.807, 2.05) is 31.2 Å². The highest BCUT2D eigenvalue weighted by molar-refractivity contribution is 9.11. The fourth-order valence-corrected chi connectivity index (χ4v) is 4.84. The number of fused-ring (bicyclic) bond motifs is 1. The van der Waals surface area contributed by atoms with Crippen molar-refractivity contribution in [3.05, 3.63) is 80.2 Å². The molecule has 0 unspecified atom stereocenters. The van der Waals surface area contributed by atoms with E-state index in [1.54, 1.807) is 18.2 Å². The second-order valence-electron chi connectivity index (χ2n) is 5.98. The summed E-state index contributed by atoms with van der Waals surface area (Å²) in [6, 6.07) is 15.4. The molecule has 0 spiro atoms. The zero-order valence-corrected chi connectivity index (χ0v) is 17.8. The van der Waals surface area contributed by atoms with E-state index in [4.69, 9.17) is 0 Å². The van der Waals surface area contributed by atoms with Gasteiger partial charge in [0.15, 0.2) is 0 Å². The molecule has 4 nitrogen and oxygen atoms in total. The predicted molar refractivity (Wildman–Crippen MR) is 117 cm³/mol. The molecule has 0 atom stereocenters. The Balaban J connectivity index is 1.75. The Kier molecular flexibility index (Phi) is 5.34. The van der Waals surface area contributed by atoms with Crippen LogP contribution in [-0.2, 0) is 0 Å². The number of nitrogens with zero attached hydrogens (tertiary/aromatic N) is 3. The van der Waals surface area contributed by atoms with E-state index < -0.39 is 0 Å². The second-order valence-corrected chi connectivity index (χ2v) is 9.46. The van der Waals surface area contributed by atoms with Crippen LogP contribution in [0.5, 0.6) is 0 Å².